The summed E-state index contributed by atoms with van der Waals surface area (Å²) in [4.78, 5) is 17.8. The Morgan fingerprint density at radius 2 is 1.90 bits per heavy atom. The molecular formula is C24H20N2O4S. The minimum Gasteiger partial charge on any atom is -0.493 e. The summed E-state index contributed by atoms with van der Waals surface area (Å²) >= 11 is 1.31. The number of thiazole rings is 1. The Bertz CT molecular complexity index is 1210. The predicted molar refractivity (Wildman–Crippen MR) is 116 cm³/mol. The van der Waals surface area contributed by atoms with Gasteiger partial charge in [0.2, 0.25) is 0 Å². The minimum absolute atomic E-state index is 0.0739. The molecule has 0 N–H and O–H groups in total. The number of hydrogen-bond donors (Lipinski definition) is 0. The molecule has 6 nitrogen and oxygen atoms in total. The van der Waals surface area contributed by atoms with Crippen molar-refractivity contribution in [3.8, 4) is 28.8 Å². The summed E-state index contributed by atoms with van der Waals surface area (Å²) in [5, 5.41) is 12.1. The van der Waals surface area contributed by atoms with Gasteiger partial charge in [-0.3, -0.25) is 4.79 Å². The van der Waals surface area contributed by atoms with E-state index < -0.39 is 5.92 Å². The van der Waals surface area contributed by atoms with Crippen LogP contribution in [0.25, 0.3) is 11.3 Å². The van der Waals surface area contributed by atoms with Crippen molar-refractivity contribution < 1.29 is 19.0 Å². The summed E-state index contributed by atoms with van der Waals surface area (Å²) in [6.07, 6.45) is 2.24. The lowest BCUT2D eigenvalue weighted by Crippen LogP contribution is -2.12. The van der Waals surface area contributed by atoms with E-state index in [4.69, 9.17) is 14.2 Å². The normalized spacial score (nSPS) is 19.5. The van der Waals surface area contributed by atoms with Crippen molar-refractivity contribution in [2.24, 2.45) is 0 Å². The third-order valence-electron chi connectivity index (χ3n) is 5.92. The van der Waals surface area contributed by atoms with Crippen LogP contribution >= 0.6 is 11.3 Å². The SMILES string of the molecule is COc1ccc(-c2csc(C(C#N)C(=O)c3ccc4c(c3)C3CCC4O3)n2)cc1OC. The predicted octanol–water partition coefficient (Wildman–Crippen LogP) is 5.22. The molecule has 0 spiro atoms. The van der Waals surface area contributed by atoms with Gasteiger partial charge in [-0.2, -0.15) is 5.26 Å². The maximum atomic E-state index is 13.2. The summed E-state index contributed by atoms with van der Waals surface area (Å²) in [6, 6.07) is 13.3. The lowest BCUT2D eigenvalue weighted by Gasteiger charge is -2.13. The van der Waals surface area contributed by atoms with E-state index in [2.05, 4.69) is 11.1 Å². The number of nitrogens with zero attached hydrogens (tertiary/aromatic N) is 2. The number of Topliss-reactive ketones (excluding diaryl/α,β-unsaturated/α-hetero) is 1. The molecule has 2 bridgehead atoms. The van der Waals surface area contributed by atoms with Gasteiger partial charge in [0.1, 0.15) is 5.01 Å². The molecule has 1 fully saturated rings. The number of carbonyl (C=O) groups excluding carboxylic acids is 1. The van der Waals surface area contributed by atoms with Crippen molar-refractivity contribution in [1.82, 2.24) is 4.98 Å². The summed E-state index contributed by atoms with van der Waals surface area (Å²) < 4.78 is 16.6. The van der Waals surface area contributed by atoms with Crippen molar-refractivity contribution in [3.05, 3.63) is 63.5 Å². The van der Waals surface area contributed by atoms with E-state index in [9.17, 15) is 10.1 Å². The molecule has 3 heterocycles. The molecule has 3 aromatic rings. The minimum atomic E-state index is -0.948. The molecule has 1 saturated heterocycles. The van der Waals surface area contributed by atoms with Crippen LogP contribution in [0.15, 0.2) is 41.8 Å². The fraction of sp³-hybridized carbons (Fsp3) is 0.292. The quantitative estimate of drug-likeness (QED) is 0.497. The average Bonchev–Trinajstić information content (AvgIpc) is 3.56. The highest BCUT2D eigenvalue weighted by molar-refractivity contribution is 7.10. The summed E-state index contributed by atoms with van der Waals surface area (Å²) in [5.41, 5.74) is 4.31. The van der Waals surface area contributed by atoms with E-state index in [1.165, 1.54) is 16.9 Å². The first kappa shape index (κ1) is 19.7. The van der Waals surface area contributed by atoms with E-state index >= 15 is 0 Å². The maximum absolute atomic E-state index is 13.2. The Hall–Kier alpha value is -3.21. The molecule has 0 saturated carbocycles. The second-order valence-corrected chi connectivity index (χ2v) is 8.49. The number of carbonyl (C=O) groups is 1. The van der Waals surface area contributed by atoms with Crippen molar-refractivity contribution >= 4 is 17.1 Å². The number of benzene rings is 2. The number of hydrogen-bond acceptors (Lipinski definition) is 7. The van der Waals surface area contributed by atoms with Gasteiger partial charge in [-0.05, 0) is 48.2 Å². The molecule has 7 heteroatoms. The first-order chi connectivity index (χ1) is 15.1. The number of rotatable bonds is 6. The number of ketones is 1. The van der Waals surface area contributed by atoms with Crippen molar-refractivity contribution in [3.63, 3.8) is 0 Å². The van der Waals surface area contributed by atoms with Gasteiger partial charge in [-0.25, -0.2) is 4.98 Å². The number of methoxy groups -OCH3 is 2. The van der Waals surface area contributed by atoms with Gasteiger partial charge in [0.25, 0.3) is 0 Å². The van der Waals surface area contributed by atoms with E-state index in [0.717, 1.165) is 24.0 Å². The second-order valence-electron chi connectivity index (χ2n) is 7.60. The molecule has 0 radical (unpaired) electrons. The van der Waals surface area contributed by atoms with Crippen LogP contribution < -0.4 is 9.47 Å². The molecule has 2 aliphatic heterocycles. The van der Waals surface area contributed by atoms with Gasteiger partial charge in [-0.15, -0.1) is 11.3 Å². The zero-order chi connectivity index (χ0) is 21.5. The third-order valence-corrected chi connectivity index (χ3v) is 6.83. The zero-order valence-electron chi connectivity index (χ0n) is 17.1. The molecular weight excluding hydrogens is 412 g/mol. The van der Waals surface area contributed by atoms with Gasteiger partial charge < -0.3 is 14.2 Å². The fourth-order valence-electron chi connectivity index (χ4n) is 4.34. The topological polar surface area (TPSA) is 81.4 Å². The van der Waals surface area contributed by atoms with Crippen molar-refractivity contribution in [1.29, 1.82) is 5.26 Å². The summed E-state index contributed by atoms with van der Waals surface area (Å²) in [6.45, 7) is 0. The summed E-state index contributed by atoms with van der Waals surface area (Å²) in [5.74, 6) is 0.0379. The lowest BCUT2D eigenvalue weighted by atomic mass is 9.88. The first-order valence-corrected chi connectivity index (χ1v) is 10.9. The third kappa shape index (κ3) is 3.29. The van der Waals surface area contributed by atoms with Crippen LogP contribution in [0.5, 0.6) is 11.5 Å². The van der Waals surface area contributed by atoms with Gasteiger partial charge in [0.15, 0.2) is 23.2 Å². The highest BCUT2D eigenvalue weighted by atomic mass is 32.1. The van der Waals surface area contributed by atoms with Crippen LogP contribution in [0.3, 0.4) is 0 Å². The molecule has 31 heavy (non-hydrogen) atoms. The highest BCUT2D eigenvalue weighted by Crippen LogP contribution is 2.50. The lowest BCUT2D eigenvalue weighted by molar-refractivity contribution is 0.0716. The highest BCUT2D eigenvalue weighted by Gasteiger charge is 2.38. The zero-order valence-corrected chi connectivity index (χ0v) is 17.9. The molecule has 3 atom stereocenters. The number of ether oxygens (including phenoxy) is 3. The Kier molecular flexibility index (Phi) is 4.97. The largest absolute Gasteiger partial charge is 0.493 e. The van der Waals surface area contributed by atoms with Gasteiger partial charge in [0.05, 0.1) is 38.2 Å². The van der Waals surface area contributed by atoms with Crippen molar-refractivity contribution in [2.75, 3.05) is 14.2 Å². The van der Waals surface area contributed by atoms with Gasteiger partial charge in [-0.1, -0.05) is 12.1 Å². The van der Waals surface area contributed by atoms with Gasteiger partial charge in [0, 0.05) is 16.5 Å². The van der Waals surface area contributed by atoms with Crippen LogP contribution in [0.1, 0.15) is 57.5 Å². The van der Waals surface area contributed by atoms with Crippen molar-refractivity contribution in [2.45, 2.75) is 31.0 Å². The molecule has 3 unspecified atom stereocenters. The molecule has 2 aliphatic rings. The smallest absolute Gasteiger partial charge is 0.186 e. The molecule has 2 aromatic carbocycles. The summed E-state index contributed by atoms with van der Waals surface area (Å²) in [7, 11) is 3.16. The maximum Gasteiger partial charge on any atom is 0.186 e. The Balaban J connectivity index is 1.43. The number of fused-ring (bicyclic) bond motifs is 5. The molecule has 156 valence electrons. The van der Waals surface area contributed by atoms with Crippen LogP contribution in [-0.4, -0.2) is 25.0 Å². The van der Waals surface area contributed by atoms with Gasteiger partial charge >= 0.3 is 0 Å². The van der Waals surface area contributed by atoms with Crippen LogP contribution in [0.4, 0.5) is 0 Å². The average molecular weight is 433 g/mol. The monoisotopic (exact) mass is 432 g/mol. The Labute approximate surface area is 184 Å². The standard InChI is InChI=1S/C24H20N2O4S/c1-28-21-6-4-13(10-22(21)29-2)18-12-31-24(26-18)17(11-25)23(27)14-3-5-15-16(9-14)20-8-7-19(15)30-20/h3-6,9-10,12,17,19-20H,7-8H2,1-2H3. The van der Waals surface area contributed by atoms with Crippen LogP contribution in [-0.2, 0) is 4.74 Å². The number of nitriles is 1. The molecule has 0 amide bonds. The second kappa shape index (κ2) is 7.80. The molecule has 0 aliphatic carbocycles. The van der Waals surface area contributed by atoms with E-state index in [1.54, 1.807) is 26.4 Å². The van der Waals surface area contributed by atoms with Crippen LogP contribution in [0.2, 0.25) is 0 Å². The Morgan fingerprint density at radius 3 is 2.65 bits per heavy atom. The first-order valence-electron chi connectivity index (χ1n) is 10.0. The number of aromatic nitrogens is 1. The van der Waals surface area contributed by atoms with E-state index in [-0.39, 0.29) is 18.0 Å². The Morgan fingerprint density at radius 1 is 1.13 bits per heavy atom. The van der Waals surface area contributed by atoms with E-state index in [1.807, 2.05) is 29.6 Å². The fourth-order valence-corrected chi connectivity index (χ4v) is 5.20. The van der Waals surface area contributed by atoms with E-state index in [0.29, 0.717) is 27.8 Å². The van der Waals surface area contributed by atoms with Crippen LogP contribution in [0, 0.1) is 11.3 Å². The molecule has 5 rings (SSSR count). The molecule has 1 aromatic heterocycles.